The summed E-state index contributed by atoms with van der Waals surface area (Å²) in [5, 5.41) is 2.51. The molecule has 0 fully saturated rings. The molecule has 2 heterocycles. The number of nitrogens with one attached hydrogen (secondary N) is 2. The van der Waals surface area contributed by atoms with Crippen LogP contribution in [0.3, 0.4) is 0 Å². The van der Waals surface area contributed by atoms with Gasteiger partial charge in [0.1, 0.15) is 5.76 Å². The lowest BCUT2D eigenvalue weighted by Gasteiger charge is -2.12. The molecule has 1 aromatic carbocycles. The van der Waals surface area contributed by atoms with E-state index in [1.54, 1.807) is 0 Å². The summed E-state index contributed by atoms with van der Waals surface area (Å²) in [6.45, 7) is 0. The molecular formula is C17H12F6N2O2. The van der Waals surface area contributed by atoms with Crippen molar-refractivity contribution >= 4 is 22.3 Å². The van der Waals surface area contributed by atoms with Gasteiger partial charge in [-0.05, 0) is 18.2 Å². The number of hydrogen-bond acceptors (Lipinski definition) is 3. The third kappa shape index (κ3) is 4.44. The molecule has 2 N–H and O–H groups in total. The fourth-order valence-corrected chi connectivity index (χ4v) is 2.62. The van der Waals surface area contributed by atoms with E-state index >= 15 is 0 Å². The monoisotopic (exact) mass is 390 g/mol. The Hall–Kier alpha value is -2.91. The highest BCUT2D eigenvalue weighted by molar-refractivity contribution is 5.86. The van der Waals surface area contributed by atoms with Crippen molar-refractivity contribution in [3.63, 3.8) is 0 Å². The number of furan rings is 1. The fourth-order valence-electron chi connectivity index (χ4n) is 2.62. The van der Waals surface area contributed by atoms with Crippen LogP contribution >= 0.6 is 0 Å². The Labute approximate surface area is 147 Å². The molecule has 0 aliphatic heterocycles. The van der Waals surface area contributed by atoms with Crippen molar-refractivity contribution in [3.05, 3.63) is 58.3 Å². The van der Waals surface area contributed by atoms with Crippen LogP contribution in [0, 0.1) is 0 Å². The predicted octanol–water partition coefficient (Wildman–Crippen LogP) is 5.38. The molecule has 0 saturated carbocycles. The number of fused-ring (bicyclic) bond motifs is 1. The van der Waals surface area contributed by atoms with Gasteiger partial charge in [-0.2, -0.15) is 26.3 Å². The lowest BCUT2D eigenvalue weighted by atomic mass is 10.1. The van der Waals surface area contributed by atoms with Crippen LogP contribution in [0.5, 0.6) is 0 Å². The van der Waals surface area contributed by atoms with Gasteiger partial charge < -0.3 is 14.7 Å². The molecule has 0 radical (unpaired) electrons. The Morgan fingerprint density at radius 2 is 1.78 bits per heavy atom. The summed E-state index contributed by atoms with van der Waals surface area (Å²) in [6.07, 6.45) is -9.41. The van der Waals surface area contributed by atoms with Crippen LogP contribution in [0.1, 0.15) is 17.7 Å². The molecule has 2 aromatic heterocycles. The van der Waals surface area contributed by atoms with Crippen molar-refractivity contribution in [1.82, 2.24) is 4.98 Å². The first-order chi connectivity index (χ1) is 12.5. The lowest BCUT2D eigenvalue weighted by Crippen LogP contribution is -2.14. The summed E-state index contributed by atoms with van der Waals surface area (Å²) in [6, 6.07) is 5.68. The molecule has 4 nitrogen and oxygen atoms in total. The minimum atomic E-state index is -4.74. The minimum Gasteiger partial charge on any atom is -0.467 e. The molecule has 3 rings (SSSR count). The SMILES string of the molecule is O=c1cc(C(F)(F)F)c2cc(Nc3ccoc3CCC(F)(F)F)ccc2[nH]1. The van der Waals surface area contributed by atoms with Gasteiger partial charge >= 0.3 is 12.4 Å². The molecular weight excluding hydrogens is 378 g/mol. The molecule has 0 spiro atoms. The predicted molar refractivity (Wildman–Crippen MR) is 85.9 cm³/mol. The first kappa shape index (κ1) is 18.9. The van der Waals surface area contributed by atoms with E-state index in [-0.39, 0.29) is 28.0 Å². The summed E-state index contributed by atoms with van der Waals surface area (Å²) in [4.78, 5) is 13.7. The number of hydrogen-bond donors (Lipinski definition) is 2. The van der Waals surface area contributed by atoms with E-state index in [1.807, 2.05) is 0 Å². The molecule has 0 aliphatic rings. The highest BCUT2D eigenvalue weighted by Gasteiger charge is 2.33. The van der Waals surface area contributed by atoms with E-state index in [1.165, 1.54) is 24.5 Å². The van der Waals surface area contributed by atoms with Crippen molar-refractivity contribution in [2.75, 3.05) is 5.32 Å². The number of anilines is 2. The van der Waals surface area contributed by atoms with Gasteiger partial charge in [-0.3, -0.25) is 4.79 Å². The zero-order valence-corrected chi connectivity index (χ0v) is 13.5. The standard InChI is InChI=1S/C17H12F6N2O2/c18-16(19,20)5-3-14-13(4-6-27-14)24-9-1-2-12-10(7-9)11(17(21,22)23)8-15(26)25-12/h1-2,4,6-8,24H,3,5H2,(H,25,26). The maximum absolute atomic E-state index is 13.2. The molecule has 0 amide bonds. The number of aromatic nitrogens is 1. The third-order valence-electron chi connectivity index (χ3n) is 3.81. The summed E-state index contributed by atoms with van der Waals surface area (Å²) >= 11 is 0. The van der Waals surface area contributed by atoms with Gasteiger partial charge in [0, 0.05) is 35.1 Å². The molecule has 0 bridgehead atoms. The number of rotatable bonds is 4. The Morgan fingerprint density at radius 1 is 1.04 bits per heavy atom. The van der Waals surface area contributed by atoms with Gasteiger partial charge in [0.15, 0.2) is 0 Å². The molecule has 0 atom stereocenters. The summed E-state index contributed by atoms with van der Waals surface area (Å²) in [7, 11) is 0. The van der Waals surface area contributed by atoms with Crippen LogP contribution < -0.4 is 10.9 Å². The second-order valence-electron chi connectivity index (χ2n) is 5.80. The highest BCUT2D eigenvalue weighted by atomic mass is 19.4. The van der Waals surface area contributed by atoms with Crippen molar-refractivity contribution < 1.29 is 30.8 Å². The Morgan fingerprint density at radius 3 is 2.44 bits per heavy atom. The summed E-state index contributed by atoms with van der Waals surface area (Å²) in [5.74, 6) is 0.0323. The number of aryl methyl sites for hydroxylation is 1. The van der Waals surface area contributed by atoms with E-state index in [0.29, 0.717) is 6.07 Å². The van der Waals surface area contributed by atoms with E-state index in [4.69, 9.17) is 4.42 Å². The number of alkyl halides is 6. The average Bonchev–Trinajstić information content (AvgIpc) is 2.98. The van der Waals surface area contributed by atoms with Crippen LogP contribution in [0.25, 0.3) is 10.9 Å². The van der Waals surface area contributed by atoms with Crippen molar-refractivity contribution in [1.29, 1.82) is 0 Å². The average molecular weight is 390 g/mol. The third-order valence-corrected chi connectivity index (χ3v) is 3.81. The second kappa shape index (κ2) is 6.67. The largest absolute Gasteiger partial charge is 0.467 e. The molecule has 144 valence electrons. The summed E-state index contributed by atoms with van der Waals surface area (Å²) in [5.41, 5.74) is -1.58. The topological polar surface area (TPSA) is 58.0 Å². The van der Waals surface area contributed by atoms with Gasteiger partial charge in [-0.1, -0.05) is 0 Å². The Kier molecular flexibility index (Phi) is 4.66. The number of benzene rings is 1. The quantitative estimate of drug-likeness (QED) is 0.588. The van der Waals surface area contributed by atoms with Crippen LogP contribution in [-0.2, 0) is 12.6 Å². The van der Waals surface area contributed by atoms with Crippen LogP contribution in [-0.4, -0.2) is 11.2 Å². The summed E-state index contributed by atoms with van der Waals surface area (Å²) < 4.78 is 81.7. The first-order valence-electron chi connectivity index (χ1n) is 7.67. The zero-order chi connectivity index (χ0) is 19.8. The van der Waals surface area contributed by atoms with E-state index in [9.17, 15) is 31.1 Å². The van der Waals surface area contributed by atoms with Gasteiger partial charge in [0.05, 0.1) is 23.9 Å². The lowest BCUT2D eigenvalue weighted by molar-refractivity contribution is -0.136. The highest BCUT2D eigenvalue weighted by Crippen LogP contribution is 2.35. The molecule has 0 unspecified atom stereocenters. The van der Waals surface area contributed by atoms with Crippen LogP contribution in [0.4, 0.5) is 37.7 Å². The molecule has 0 saturated heterocycles. The number of halogens is 6. The van der Waals surface area contributed by atoms with E-state index in [2.05, 4.69) is 10.3 Å². The van der Waals surface area contributed by atoms with Gasteiger partial charge in [-0.15, -0.1) is 0 Å². The molecule has 0 aliphatic carbocycles. The minimum absolute atomic E-state index is 0.00939. The van der Waals surface area contributed by atoms with Crippen molar-refractivity contribution in [2.45, 2.75) is 25.2 Å². The normalized spacial score (nSPS) is 12.5. The smallest absolute Gasteiger partial charge is 0.417 e. The second-order valence-corrected chi connectivity index (χ2v) is 5.80. The van der Waals surface area contributed by atoms with Gasteiger partial charge in [-0.25, -0.2) is 0 Å². The van der Waals surface area contributed by atoms with Crippen molar-refractivity contribution in [3.8, 4) is 0 Å². The maximum atomic E-state index is 13.2. The maximum Gasteiger partial charge on any atom is 0.417 e. The van der Waals surface area contributed by atoms with E-state index in [0.717, 1.165) is 6.07 Å². The Bertz CT molecular complexity index is 1020. The molecule has 27 heavy (non-hydrogen) atoms. The fraction of sp³-hybridized carbons (Fsp3) is 0.235. The van der Waals surface area contributed by atoms with Crippen LogP contribution in [0.15, 0.2) is 45.8 Å². The number of pyridine rings is 1. The van der Waals surface area contributed by atoms with Gasteiger partial charge in [0.25, 0.3) is 0 Å². The molecule has 3 aromatic rings. The Balaban J connectivity index is 1.94. The number of H-pyrrole nitrogens is 1. The van der Waals surface area contributed by atoms with Crippen molar-refractivity contribution in [2.24, 2.45) is 0 Å². The van der Waals surface area contributed by atoms with E-state index < -0.39 is 36.3 Å². The molecule has 10 heteroatoms. The van der Waals surface area contributed by atoms with Gasteiger partial charge in [0.2, 0.25) is 5.56 Å². The first-order valence-corrected chi connectivity index (χ1v) is 7.67. The zero-order valence-electron chi connectivity index (χ0n) is 13.5. The van der Waals surface area contributed by atoms with Crippen LogP contribution in [0.2, 0.25) is 0 Å². The number of aromatic amines is 1.